The summed E-state index contributed by atoms with van der Waals surface area (Å²) in [4.78, 5) is 41.8. The molecule has 0 spiro atoms. The Hall–Kier alpha value is -3.05. The molecule has 4 N–H and O–H groups in total. The van der Waals surface area contributed by atoms with Gasteiger partial charge in [0, 0.05) is 19.7 Å². The summed E-state index contributed by atoms with van der Waals surface area (Å²) in [6.07, 6.45) is 7.15. The lowest BCUT2D eigenvalue weighted by Crippen LogP contribution is -2.63. The number of hydrazine groups is 1. The summed E-state index contributed by atoms with van der Waals surface area (Å²) in [6, 6.07) is 4.41. The number of hydrogen-bond acceptors (Lipinski definition) is 7. The largest absolute Gasteiger partial charge is 0.381 e. The summed E-state index contributed by atoms with van der Waals surface area (Å²) in [5, 5.41) is 18.6. The van der Waals surface area contributed by atoms with Gasteiger partial charge in [-0.05, 0) is 81.2 Å². The second kappa shape index (κ2) is 16.3. The van der Waals surface area contributed by atoms with Crippen LogP contribution >= 0.6 is 0 Å². The number of benzene rings is 1. The zero-order valence-electron chi connectivity index (χ0n) is 27.3. The highest BCUT2D eigenvalue weighted by molar-refractivity contribution is 5.92. The van der Waals surface area contributed by atoms with Gasteiger partial charge in [0.05, 0.1) is 18.1 Å². The minimum atomic E-state index is -0.836. The van der Waals surface area contributed by atoms with Gasteiger partial charge in [0.2, 0.25) is 11.8 Å². The number of allylic oxidation sites excluding steroid dienone is 1. The molecule has 1 aliphatic heterocycles. The predicted octanol–water partition coefficient (Wildman–Crippen LogP) is 3.33. The zero-order valence-corrected chi connectivity index (χ0v) is 27.3. The maximum atomic E-state index is 13.4. The lowest BCUT2D eigenvalue weighted by Gasteiger charge is -2.41. The van der Waals surface area contributed by atoms with Gasteiger partial charge in [0.1, 0.15) is 18.3 Å². The minimum Gasteiger partial charge on any atom is -0.381 e. The van der Waals surface area contributed by atoms with Gasteiger partial charge in [-0.1, -0.05) is 51.6 Å². The summed E-state index contributed by atoms with van der Waals surface area (Å²) >= 11 is 0. The van der Waals surface area contributed by atoms with Gasteiger partial charge in [-0.2, -0.15) is 0 Å². The third-order valence-electron chi connectivity index (χ3n) is 9.11. The van der Waals surface area contributed by atoms with Gasteiger partial charge in [0.15, 0.2) is 0 Å². The Morgan fingerprint density at radius 2 is 1.89 bits per heavy atom. The molecule has 10 nitrogen and oxygen atoms in total. The Kier molecular flexibility index (Phi) is 13.1. The van der Waals surface area contributed by atoms with Crippen LogP contribution in [0.25, 0.3) is 6.08 Å². The minimum absolute atomic E-state index is 0.0676. The number of methoxy groups -OCH3 is 1. The summed E-state index contributed by atoms with van der Waals surface area (Å²) in [6.45, 7) is 15.2. The lowest BCUT2D eigenvalue weighted by molar-refractivity contribution is -0.145. The number of rotatable bonds is 15. The van der Waals surface area contributed by atoms with E-state index in [9.17, 15) is 19.5 Å². The number of aryl methyl sites for hydroxylation is 1. The first-order valence-electron chi connectivity index (χ1n) is 15.9. The molecule has 0 saturated carbocycles. The fourth-order valence-corrected chi connectivity index (χ4v) is 6.25. The van der Waals surface area contributed by atoms with Crippen molar-refractivity contribution in [1.29, 1.82) is 0 Å². The van der Waals surface area contributed by atoms with Gasteiger partial charge in [-0.3, -0.25) is 24.3 Å². The van der Waals surface area contributed by atoms with Gasteiger partial charge in [-0.15, -0.1) is 6.58 Å². The van der Waals surface area contributed by atoms with Crippen molar-refractivity contribution in [1.82, 2.24) is 26.0 Å². The highest BCUT2D eigenvalue weighted by Crippen LogP contribution is 2.37. The molecule has 2 aliphatic rings. The second-order valence-electron chi connectivity index (χ2n) is 12.6. The molecule has 1 aliphatic carbocycles. The summed E-state index contributed by atoms with van der Waals surface area (Å²) < 4.78 is 5.50. The van der Waals surface area contributed by atoms with E-state index in [4.69, 9.17) is 4.74 Å². The number of aliphatic hydroxyl groups excluding tert-OH is 1. The van der Waals surface area contributed by atoms with Gasteiger partial charge < -0.3 is 20.5 Å². The van der Waals surface area contributed by atoms with Crippen LogP contribution in [-0.4, -0.2) is 83.9 Å². The molecule has 1 aromatic carbocycles. The first-order valence-corrected chi connectivity index (χ1v) is 15.9. The molecule has 3 amide bonds. The molecule has 0 aromatic heterocycles. The molecule has 1 saturated heterocycles. The van der Waals surface area contributed by atoms with Gasteiger partial charge >= 0.3 is 0 Å². The monoisotopic (exact) mass is 611 g/mol. The predicted molar refractivity (Wildman–Crippen MR) is 173 cm³/mol. The number of amides is 3. The van der Waals surface area contributed by atoms with Crippen LogP contribution in [0.2, 0.25) is 0 Å². The molecule has 10 heteroatoms. The highest BCUT2D eigenvalue weighted by atomic mass is 16.5. The second-order valence-corrected chi connectivity index (χ2v) is 12.6. The SMILES string of the molecule is C=CCC[C@@H](OC)[C@@H](C)C(=O)N[C@H](C(=O)N[C@@H](C)C(=O)N1CCC[C@@H](C(O)N(C)C2CCc3ccc(C=C)cc32)N1)C(C)C. The van der Waals surface area contributed by atoms with Gasteiger partial charge in [0.25, 0.3) is 5.91 Å². The Morgan fingerprint density at radius 3 is 2.52 bits per heavy atom. The van der Waals surface area contributed by atoms with E-state index < -0.39 is 30.1 Å². The van der Waals surface area contributed by atoms with Crippen molar-refractivity contribution in [3.63, 3.8) is 0 Å². The standard InChI is InChI=1S/C34H53N5O5/c1-9-11-14-29(44-8)22(5)31(40)36-30(21(3)4)32(41)35-23(6)33(42)39-19-12-13-27(37-39)34(43)38(7)28-18-17-25-16-15-24(10-2)20-26(25)28/h9-10,15-16,20-23,27-30,34,37,43H,1-2,11-14,17-19H2,3-8H3,(H,35,41)(H,36,40)/t22-,23+,27+,28?,29-,30+,34?/m1/s1. The third-order valence-corrected chi connectivity index (χ3v) is 9.11. The number of likely N-dealkylation sites (N-methyl/N-ethyl adjacent to an activating group) is 1. The number of fused-ring (bicyclic) bond motifs is 1. The van der Waals surface area contributed by atoms with Crippen molar-refractivity contribution in [3.8, 4) is 0 Å². The summed E-state index contributed by atoms with van der Waals surface area (Å²) in [5.41, 5.74) is 6.78. The van der Waals surface area contributed by atoms with E-state index in [0.29, 0.717) is 32.2 Å². The topological polar surface area (TPSA) is 123 Å². The van der Waals surface area contributed by atoms with E-state index in [-0.39, 0.29) is 35.9 Å². The average molecular weight is 612 g/mol. The third kappa shape index (κ3) is 8.56. The van der Waals surface area contributed by atoms with Crippen molar-refractivity contribution < 1.29 is 24.2 Å². The maximum absolute atomic E-state index is 13.4. The van der Waals surface area contributed by atoms with Crippen LogP contribution in [0.4, 0.5) is 0 Å². The molecule has 44 heavy (non-hydrogen) atoms. The number of nitrogens with one attached hydrogen (secondary N) is 3. The van der Waals surface area contributed by atoms with Crippen LogP contribution in [-0.2, 0) is 25.5 Å². The molecule has 7 atom stereocenters. The molecule has 1 heterocycles. The number of aliphatic hydroxyl groups is 1. The number of ether oxygens (including phenoxy) is 1. The highest BCUT2D eigenvalue weighted by Gasteiger charge is 2.37. The Labute approximate surface area is 263 Å². The van der Waals surface area contributed by atoms with E-state index in [1.54, 1.807) is 27.0 Å². The van der Waals surface area contributed by atoms with E-state index in [2.05, 4.69) is 47.4 Å². The molecule has 0 radical (unpaired) electrons. The summed E-state index contributed by atoms with van der Waals surface area (Å²) in [5.74, 6) is -1.67. The van der Waals surface area contributed by atoms with E-state index in [1.807, 2.05) is 31.9 Å². The lowest BCUT2D eigenvalue weighted by atomic mass is 9.97. The van der Waals surface area contributed by atoms with Gasteiger partial charge in [-0.25, -0.2) is 5.43 Å². The van der Waals surface area contributed by atoms with Crippen molar-refractivity contribution in [2.45, 2.75) is 103 Å². The molecule has 2 unspecified atom stereocenters. The van der Waals surface area contributed by atoms with Crippen molar-refractivity contribution >= 4 is 23.8 Å². The number of carbonyl (C=O) groups excluding carboxylic acids is 3. The van der Waals surface area contributed by atoms with Crippen LogP contribution < -0.4 is 16.1 Å². The van der Waals surface area contributed by atoms with Crippen LogP contribution in [0.5, 0.6) is 0 Å². The van der Waals surface area contributed by atoms with Crippen LogP contribution in [0, 0.1) is 11.8 Å². The van der Waals surface area contributed by atoms with Crippen molar-refractivity contribution in [3.05, 3.63) is 54.1 Å². The van der Waals surface area contributed by atoms with E-state index >= 15 is 0 Å². The fraction of sp³-hybridized carbons (Fsp3) is 0.618. The first-order chi connectivity index (χ1) is 20.9. The zero-order chi connectivity index (χ0) is 32.6. The molecule has 0 bridgehead atoms. The fourth-order valence-electron chi connectivity index (χ4n) is 6.25. The van der Waals surface area contributed by atoms with E-state index in [0.717, 1.165) is 18.4 Å². The molecular formula is C34H53N5O5. The van der Waals surface area contributed by atoms with E-state index in [1.165, 1.54) is 16.1 Å². The quantitative estimate of drug-likeness (QED) is 0.177. The number of nitrogens with zero attached hydrogens (tertiary/aromatic N) is 2. The number of carbonyl (C=O) groups is 3. The Balaban J connectivity index is 1.59. The van der Waals surface area contributed by atoms with Crippen LogP contribution in [0.15, 0.2) is 37.4 Å². The molecule has 1 fully saturated rings. The normalized spacial score (nSPS) is 21.6. The average Bonchev–Trinajstić information content (AvgIpc) is 3.45. The molecular weight excluding hydrogens is 558 g/mol. The molecule has 3 rings (SSSR count). The van der Waals surface area contributed by atoms with Crippen LogP contribution in [0.1, 0.15) is 82.5 Å². The van der Waals surface area contributed by atoms with Crippen molar-refractivity contribution in [2.75, 3.05) is 20.7 Å². The smallest absolute Gasteiger partial charge is 0.258 e. The molecule has 1 aromatic rings. The Bertz CT molecular complexity index is 1170. The Morgan fingerprint density at radius 1 is 1.16 bits per heavy atom. The first kappa shape index (κ1) is 35.4. The summed E-state index contributed by atoms with van der Waals surface area (Å²) in [7, 11) is 3.49. The molecule has 244 valence electrons. The van der Waals surface area contributed by atoms with Crippen LogP contribution in [0.3, 0.4) is 0 Å². The van der Waals surface area contributed by atoms with Crippen molar-refractivity contribution in [2.24, 2.45) is 11.8 Å². The maximum Gasteiger partial charge on any atom is 0.258 e. The number of hydrogen-bond donors (Lipinski definition) is 4.